The summed E-state index contributed by atoms with van der Waals surface area (Å²) in [6, 6.07) is 7.23. The van der Waals surface area contributed by atoms with Gasteiger partial charge in [0.2, 0.25) is 0 Å². The molecule has 0 unspecified atom stereocenters. The number of hydrogen-bond acceptors (Lipinski definition) is 3. The molecule has 0 aliphatic rings. The largest absolute Gasteiger partial charge is 0.507 e. The van der Waals surface area contributed by atoms with Gasteiger partial charge in [-0.25, -0.2) is 0 Å². The van der Waals surface area contributed by atoms with Gasteiger partial charge in [-0.1, -0.05) is 12.1 Å². The van der Waals surface area contributed by atoms with E-state index in [2.05, 4.69) is 0 Å². The van der Waals surface area contributed by atoms with Crippen LogP contribution >= 0.6 is 0 Å². The van der Waals surface area contributed by atoms with E-state index >= 15 is 0 Å². The number of phenolic OH excluding ortho intramolecular Hbond substituents is 1. The Kier molecular flexibility index (Phi) is 4.40. The molecule has 4 heteroatoms. The molecule has 0 saturated heterocycles. The van der Waals surface area contributed by atoms with Gasteiger partial charge in [0.05, 0.1) is 6.42 Å². The number of ether oxygens (including phenoxy) is 1. The van der Waals surface area contributed by atoms with Gasteiger partial charge in [-0.3, -0.25) is 4.79 Å². The molecule has 4 nitrogen and oxygen atoms in total. The number of aryl methyl sites for hydroxylation is 4. The normalized spacial score (nSPS) is 10.5. The van der Waals surface area contributed by atoms with E-state index in [0.29, 0.717) is 5.75 Å². The predicted octanol–water partition coefficient (Wildman–Crippen LogP) is 4.05. The molecule has 116 valence electrons. The predicted molar refractivity (Wildman–Crippen MR) is 84.9 cm³/mol. The summed E-state index contributed by atoms with van der Waals surface area (Å²) < 4.78 is 5.96. The van der Waals surface area contributed by atoms with Crippen molar-refractivity contribution in [3.63, 3.8) is 0 Å². The summed E-state index contributed by atoms with van der Waals surface area (Å²) in [6.07, 6.45) is -0.000609. The summed E-state index contributed by atoms with van der Waals surface area (Å²) >= 11 is 0. The van der Waals surface area contributed by atoms with Crippen molar-refractivity contribution in [2.75, 3.05) is 0 Å². The molecule has 2 aromatic carbocycles. The zero-order chi connectivity index (χ0) is 16.4. The van der Waals surface area contributed by atoms with Crippen molar-refractivity contribution >= 4 is 5.97 Å². The molecule has 0 heterocycles. The number of rotatable bonds is 4. The van der Waals surface area contributed by atoms with E-state index in [0.717, 1.165) is 33.6 Å². The van der Waals surface area contributed by atoms with Crippen molar-refractivity contribution in [3.8, 4) is 17.2 Å². The van der Waals surface area contributed by atoms with E-state index in [9.17, 15) is 9.90 Å². The highest BCUT2D eigenvalue weighted by molar-refractivity contribution is 5.70. The van der Waals surface area contributed by atoms with Gasteiger partial charge in [0.25, 0.3) is 0 Å². The first-order valence-electron chi connectivity index (χ1n) is 7.08. The lowest BCUT2D eigenvalue weighted by Gasteiger charge is -2.15. The summed E-state index contributed by atoms with van der Waals surface area (Å²) in [5.74, 6) is 0.804. The molecular weight excluding hydrogens is 280 g/mol. The molecule has 0 aromatic heterocycles. The van der Waals surface area contributed by atoms with Gasteiger partial charge in [-0.05, 0) is 67.6 Å². The molecule has 0 saturated carbocycles. The fraction of sp³-hybridized carbons (Fsp3) is 0.278. The molecule has 0 atom stereocenters. The SMILES string of the molecule is Cc1cc(Oc2c(C)cc(CC(=O)O)cc2C)cc(C)c1O. The number of carbonyl (C=O) groups is 1. The van der Waals surface area contributed by atoms with Gasteiger partial charge in [-0.15, -0.1) is 0 Å². The fourth-order valence-electron chi connectivity index (χ4n) is 2.57. The average Bonchev–Trinajstić information content (AvgIpc) is 2.39. The number of phenols is 1. The van der Waals surface area contributed by atoms with Crippen molar-refractivity contribution in [2.24, 2.45) is 0 Å². The highest BCUT2D eigenvalue weighted by Gasteiger charge is 2.11. The Hall–Kier alpha value is -2.49. The Bertz CT molecular complexity index is 686. The van der Waals surface area contributed by atoms with Crippen LogP contribution in [0.5, 0.6) is 17.2 Å². The third-order valence-electron chi connectivity index (χ3n) is 3.56. The molecule has 0 spiro atoms. The summed E-state index contributed by atoms with van der Waals surface area (Å²) in [6.45, 7) is 7.44. The molecule has 0 bridgehead atoms. The molecule has 0 amide bonds. The minimum atomic E-state index is -0.850. The maximum absolute atomic E-state index is 10.8. The molecule has 0 aliphatic heterocycles. The van der Waals surface area contributed by atoms with E-state index in [1.807, 2.05) is 39.8 Å². The highest BCUT2D eigenvalue weighted by atomic mass is 16.5. The zero-order valence-corrected chi connectivity index (χ0v) is 13.2. The lowest BCUT2D eigenvalue weighted by Crippen LogP contribution is -2.02. The Labute approximate surface area is 130 Å². The summed E-state index contributed by atoms with van der Waals surface area (Å²) in [5, 5.41) is 18.7. The number of aromatic hydroxyl groups is 1. The van der Waals surface area contributed by atoms with Crippen LogP contribution in [0.25, 0.3) is 0 Å². The van der Waals surface area contributed by atoms with Crippen LogP contribution < -0.4 is 4.74 Å². The number of carboxylic acids is 1. The third kappa shape index (κ3) is 3.39. The Morgan fingerprint density at radius 3 is 1.91 bits per heavy atom. The molecule has 0 aliphatic carbocycles. The van der Waals surface area contributed by atoms with Crippen LogP contribution in [0.1, 0.15) is 27.8 Å². The first-order valence-corrected chi connectivity index (χ1v) is 7.08. The summed E-state index contributed by atoms with van der Waals surface area (Å²) in [5.41, 5.74) is 4.05. The van der Waals surface area contributed by atoms with Crippen LogP contribution in [0.15, 0.2) is 24.3 Å². The Morgan fingerprint density at radius 1 is 0.955 bits per heavy atom. The van der Waals surface area contributed by atoms with Gasteiger partial charge < -0.3 is 14.9 Å². The van der Waals surface area contributed by atoms with Crippen LogP contribution in [-0.4, -0.2) is 16.2 Å². The van der Waals surface area contributed by atoms with Crippen molar-refractivity contribution < 1.29 is 19.7 Å². The van der Waals surface area contributed by atoms with E-state index in [1.54, 1.807) is 12.1 Å². The number of carboxylic acid groups (broad SMARTS) is 1. The molecule has 0 radical (unpaired) electrons. The summed E-state index contributed by atoms with van der Waals surface area (Å²) in [4.78, 5) is 10.8. The highest BCUT2D eigenvalue weighted by Crippen LogP contribution is 2.33. The quantitative estimate of drug-likeness (QED) is 0.894. The lowest BCUT2D eigenvalue weighted by molar-refractivity contribution is -0.136. The van der Waals surface area contributed by atoms with Gasteiger partial charge in [0.15, 0.2) is 0 Å². The Morgan fingerprint density at radius 2 is 1.45 bits per heavy atom. The number of hydrogen-bond donors (Lipinski definition) is 2. The number of benzene rings is 2. The van der Waals surface area contributed by atoms with Gasteiger partial charge in [0.1, 0.15) is 17.2 Å². The van der Waals surface area contributed by atoms with Gasteiger partial charge in [0, 0.05) is 0 Å². The summed E-state index contributed by atoms with van der Waals surface area (Å²) in [7, 11) is 0. The topological polar surface area (TPSA) is 66.8 Å². The van der Waals surface area contributed by atoms with Crippen LogP contribution in [-0.2, 0) is 11.2 Å². The molecular formula is C18H20O4. The molecule has 0 fully saturated rings. The Balaban J connectivity index is 2.36. The zero-order valence-electron chi connectivity index (χ0n) is 13.2. The van der Waals surface area contributed by atoms with E-state index in [-0.39, 0.29) is 12.2 Å². The van der Waals surface area contributed by atoms with Crippen LogP contribution in [0.4, 0.5) is 0 Å². The fourth-order valence-corrected chi connectivity index (χ4v) is 2.57. The van der Waals surface area contributed by atoms with Crippen molar-refractivity contribution in [2.45, 2.75) is 34.1 Å². The minimum Gasteiger partial charge on any atom is -0.507 e. The monoisotopic (exact) mass is 300 g/mol. The van der Waals surface area contributed by atoms with E-state index in [4.69, 9.17) is 9.84 Å². The maximum atomic E-state index is 10.8. The molecule has 22 heavy (non-hydrogen) atoms. The van der Waals surface area contributed by atoms with Crippen molar-refractivity contribution in [1.82, 2.24) is 0 Å². The molecule has 2 N–H and O–H groups in total. The smallest absolute Gasteiger partial charge is 0.307 e. The van der Waals surface area contributed by atoms with Gasteiger partial charge in [-0.2, -0.15) is 0 Å². The second kappa shape index (κ2) is 6.10. The van der Waals surface area contributed by atoms with E-state index < -0.39 is 5.97 Å². The van der Waals surface area contributed by atoms with Crippen molar-refractivity contribution in [1.29, 1.82) is 0 Å². The lowest BCUT2D eigenvalue weighted by atomic mass is 10.0. The number of aliphatic carboxylic acids is 1. The first kappa shape index (κ1) is 15.9. The van der Waals surface area contributed by atoms with Crippen LogP contribution in [0.2, 0.25) is 0 Å². The second-order valence-corrected chi connectivity index (χ2v) is 5.64. The van der Waals surface area contributed by atoms with Gasteiger partial charge >= 0.3 is 5.97 Å². The average molecular weight is 300 g/mol. The third-order valence-corrected chi connectivity index (χ3v) is 3.56. The molecule has 2 aromatic rings. The first-order chi connectivity index (χ1) is 10.3. The van der Waals surface area contributed by atoms with Crippen molar-refractivity contribution in [3.05, 3.63) is 52.1 Å². The standard InChI is InChI=1S/C18H20O4/c1-10-7-15(8-11(2)17(10)21)22-18-12(3)5-14(6-13(18)4)9-16(19)20/h5-8,21H,9H2,1-4H3,(H,19,20). The molecule has 2 rings (SSSR count). The minimum absolute atomic E-state index is 0.000609. The van der Waals surface area contributed by atoms with Crippen LogP contribution in [0, 0.1) is 27.7 Å². The second-order valence-electron chi connectivity index (χ2n) is 5.64. The van der Waals surface area contributed by atoms with E-state index in [1.165, 1.54) is 0 Å². The maximum Gasteiger partial charge on any atom is 0.307 e. The van der Waals surface area contributed by atoms with Crippen LogP contribution in [0.3, 0.4) is 0 Å².